The lowest BCUT2D eigenvalue weighted by atomic mass is 10.1. The Morgan fingerprint density at radius 3 is 2.14 bits per heavy atom. The number of carbonyl (C=O) groups excluding carboxylic acids is 5. The number of hydrogen-bond acceptors (Lipinski definition) is 8. The van der Waals surface area contributed by atoms with Gasteiger partial charge in [-0.2, -0.15) is 0 Å². The maximum Gasteiger partial charge on any atom is 0.328 e. The van der Waals surface area contributed by atoms with Crippen LogP contribution in [0.2, 0.25) is 0 Å². The van der Waals surface area contributed by atoms with E-state index in [0.717, 1.165) is 0 Å². The van der Waals surface area contributed by atoms with Crippen LogP contribution in [-0.4, -0.2) is 73.2 Å². The van der Waals surface area contributed by atoms with Crippen molar-refractivity contribution in [3.05, 3.63) is 35.4 Å². The summed E-state index contributed by atoms with van der Waals surface area (Å²) in [6.07, 6.45) is 0.803. The first kappa shape index (κ1) is 28.2. The molecule has 3 atom stereocenters. The van der Waals surface area contributed by atoms with E-state index in [1.165, 1.54) is 33.0 Å². The summed E-state index contributed by atoms with van der Waals surface area (Å²) in [4.78, 5) is 61.6. The summed E-state index contributed by atoms with van der Waals surface area (Å²) < 4.78 is 23.3. The molecule has 1 aromatic carbocycles. The second-order valence-electron chi connectivity index (χ2n) is 8.21. The highest BCUT2D eigenvalue weighted by Crippen LogP contribution is 2.52. The van der Waals surface area contributed by atoms with Crippen LogP contribution in [0.3, 0.4) is 0 Å². The van der Waals surface area contributed by atoms with Gasteiger partial charge in [0.05, 0.1) is 18.2 Å². The maximum absolute atomic E-state index is 13.5. The number of amides is 4. The number of nitrogens with one attached hydrogen (secondary N) is 2. The summed E-state index contributed by atoms with van der Waals surface area (Å²) in [5, 5.41) is 5.10. The molecule has 2 unspecified atom stereocenters. The van der Waals surface area contributed by atoms with Crippen LogP contribution in [0.15, 0.2) is 24.3 Å². The Kier molecular flexibility index (Phi) is 10.2. The number of methoxy groups -OCH3 is 1. The van der Waals surface area contributed by atoms with Gasteiger partial charge in [0.25, 0.3) is 11.8 Å². The lowest BCUT2D eigenvalue weighted by molar-refractivity contribution is -0.144. The van der Waals surface area contributed by atoms with Gasteiger partial charge in [-0.1, -0.05) is 12.1 Å². The molecule has 0 saturated heterocycles. The van der Waals surface area contributed by atoms with Crippen molar-refractivity contribution in [1.82, 2.24) is 15.5 Å². The first-order chi connectivity index (χ1) is 16.5. The summed E-state index contributed by atoms with van der Waals surface area (Å²) in [7, 11) is -1.03. The van der Waals surface area contributed by atoms with Crippen molar-refractivity contribution in [3.8, 4) is 0 Å². The second kappa shape index (κ2) is 12.6. The number of benzene rings is 1. The molecule has 1 aliphatic rings. The largest absolute Gasteiger partial charge is 0.467 e. The molecule has 0 fully saturated rings. The predicted octanol–water partition coefficient (Wildman–Crippen LogP) is 1.91. The molecule has 0 aliphatic carbocycles. The molecule has 0 bridgehead atoms. The van der Waals surface area contributed by atoms with E-state index in [-0.39, 0.29) is 37.4 Å². The molecule has 2 N–H and O–H groups in total. The van der Waals surface area contributed by atoms with Crippen LogP contribution in [0.25, 0.3) is 0 Å². The zero-order valence-corrected chi connectivity index (χ0v) is 21.3. The van der Waals surface area contributed by atoms with Crippen LogP contribution < -0.4 is 10.6 Å². The number of hydrogen-bond donors (Lipinski definition) is 2. The molecule has 192 valence electrons. The molecule has 0 aromatic heterocycles. The Bertz CT molecular complexity index is 993. The summed E-state index contributed by atoms with van der Waals surface area (Å²) in [5.41, 5.74) is 0.745. The Labute approximate surface area is 204 Å². The third kappa shape index (κ3) is 7.22. The van der Waals surface area contributed by atoms with Gasteiger partial charge in [-0.3, -0.25) is 28.6 Å². The van der Waals surface area contributed by atoms with E-state index >= 15 is 0 Å². The molecule has 0 radical (unpaired) electrons. The first-order valence-electron chi connectivity index (χ1n) is 11.3. The molecule has 0 saturated carbocycles. The van der Waals surface area contributed by atoms with Crippen molar-refractivity contribution >= 4 is 37.0 Å². The number of unbranched alkanes of at least 4 members (excludes halogenated alkanes) is 1. The maximum atomic E-state index is 13.5. The molecular formula is C23H32N3O8P. The van der Waals surface area contributed by atoms with Crippen molar-refractivity contribution in [1.29, 1.82) is 0 Å². The van der Waals surface area contributed by atoms with Gasteiger partial charge in [0, 0.05) is 33.2 Å². The zero-order chi connectivity index (χ0) is 26.2. The molecule has 2 rings (SSSR count). The zero-order valence-electron chi connectivity index (χ0n) is 20.4. The van der Waals surface area contributed by atoms with Crippen LogP contribution >= 0.6 is 7.37 Å². The van der Waals surface area contributed by atoms with E-state index in [1.807, 2.05) is 0 Å². The molecule has 1 aromatic rings. The number of imide groups is 1. The van der Waals surface area contributed by atoms with Gasteiger partial charge in [-0.15, -0.1) is 0 Å². The molecule has 11 nitrogen and oxygen atoms in total. The van der Waals surface area contributed by atoms with E-state index in [4.69, 9.17) is 4.52 Å². The summed E-state index contributed by atoms with van der Waals surface area (Å²) in [6.45, 7) is 2.94. The van der Waals surface area contributed by atoms with Crippen LogP contribution in [0.5, 0.6) is 0 Å². The summed E-state index contributed by atoms with van der Waals surface area (Å²) >= 11 is 0. The molecular weight excluding hydrogens is 477 g/mol. The first-order valence-corrected chi connectivity index (χ1v) is 13.2. The van der Waals surface area contributed by atoms with Gasteiger partial charge in [-0.05, 0) is 38.3 Å². The fourth-order valence-electron chi connectivity index (χ4n) is 3.83. The van der Waals surface area contributed by atoms with Crippen molar-refractivity contribution in [3.63, 3.8) is 0 Å². The number of ether oxygens (including phenoxy) is 1. The fourth-order valence-corrected chi connectivity index (χ4v) is 6.05. The third-order valence-electron chi connectivity index (χ3n) is 5.72. The summed E-state index contributed by atoms with van der Waals surface area (Å²) in [5.74, 6) is -3.07. The minimum Gasteiger partial charge on any atom is -0.467 e. The number of rotatable bonds is 13. The van der Waals surface area contributed by atoms with Gasteiger partial charge in [0.15, 0.2) is 0 Å². The average molecular weight is 509 g/mol. The third-order valence-corrected chi connectivity index (χ3v) is 8.53. The van der Waals surface area contributed by atoms with E-state index in [1.54, 1.807) is 24.3 Å². The Morgan fingerprint density at radius 1 is 1.03 bits per heavy atom. The highest BCUT2D eigenvalue weighted by molar-refractivity contribution is 7.59. The van der Waals surface area contributed by atoms with E-state index in [0.29, 0.717) is 24.0 Å². The molecule has 35 heavy (non-hydrogen) atoms. The van der Waals surface area contributed by atoms with Crippen molar-refractivity contribution in [2.24, 2.45) is 0 Å². The molecule has 12 heteroatoms. The minimum atomic E-state index is -3.49. The Hall–Kier alpha value is -3.04. The summed E-state index contributed by atoms with van der Waals surface area (Å²) in [6, 6.07) is 5.76. The van der Waals surface area contributed by atoms with E-state index < -0.39 is 37.0 Å². The lowest BCUT2D eigenvalue weighted by Gasteiger charge is -2.27. The highest BCUT2D eigenvalue weighted by Gasteiger charge is 2.36. The molecule has 0 spiro atoms. The predicted molar refractivity (Wildman–Crippen MR) is 127 cm³/mol. The quantitative estimate of drug-likeness (QED) is 0.177. The van der Waals surface area contributed by atoms with Gasteiger partial charge >= 0.3 is 5.97 Å². The van der Waals surface area contributed by atoms with Crippen molar-refractivity contribution < 1.29 is 37.8 Å². The number of carbonyl (C=O) groups is 5. The average Bonchev–Trinajstić information content (AvgIpc) is 3.08. The normalized spacial score (nSPS) is 16.2. The Morgan fingerprint density at radius 2 is 1.63 bits per heavy atom. The second-order valence-corrected chi connectivity index (χ2v) is 11.1. The van der Waals surface area contributed by atoms with Crippen molar-refractivity contribution in [2.45, 2.75) is 51.4 Å². The van der Waals surface area contributed by atoms with Gasteiger partial charge in [-0.25, -0.2) is 4.79 Å². The molecule has 1 heterocycles. The van der Waals surface area contributed by atoms with Crippen LogP contribution in [0.4, 0.5) is 0 Å². The molecule has 1 aliphatic heterocycles. The van der Waals surface area contributed by atoms with E-state index in [9.17, 15) is 28.5 Å². The van der Waals surface area contributed by atoms with Gasteiger partial charge in [0.1, 0.15) is 11.8 Å². The lowest BCUT2D eigenvalue weighted by Crippen LogP contribution is -2.40. The monoisotopic (exact) mass is 509 g/mol. The number of nitrogens with zero attached hydrogens (tertiary/aromatic N) is 1. The Balaban J connectivity index is 1.94. The molecule has 4 amide bonds. The number of esters is 1. The van der Waals surface area contributed by atoms with Crippen LogP contribution in [0, 0.1) is 0 Å². The van der Waals surface area contributed by atoms with Gasteiger partial charge in [0.2, 0.25) is 19.2 Å². The van der Waals surface area contributed by atoms with E-state index in [2.05, 4.69) is 15.4 Å². The minimum absolute atomic E-state index is 0.146. The standard InChI is InChI=1S/C23H32N3O8P/c1-15(23(31)33-3)24-19(28)12-14-35(32,34-4)20(25-16(2)27)11-7-8-13-26-21(29)17-9-5-6-10-18(17)22(26)30/h5-6,9-10,15,20H,7-8,11-14H2,1-4H3,(H,24,28)(H,25,27)/t15-,20?,35?/m1/s1. The van der Waals surface area contributed by atoms with Crippen molar-refractivity contribution in [2.75, 3.05) is 26.9 Å². The number of fused-ring (bicyclic) bond motifs is 1. The topological polar surface area (TPSA) is 148 Å². The van der Waals surface area contributed by atoms with Crippen LogP contribution in [0.1, 0.15) is 60.2 Å². The SMILES string of the molecule is COC(=O)[C@@H](C)NC(=O)CCP(=O)(OC)C(CCCCN1C(=O)c2ccccc2C1=O)NC(C)=O. The smallest absolute Gasteiger partial charge is 0.328 e. The highest BCUT2D eigenvalue weighted by atomic mass is 31.2. The fraction of sp³-hybridized carbons (Fsp3) is 0.522. The van der Waals surface area contributed by atoms with Crippen LogP contribution in [-0.2, 0) is 28.2 Å². The van der Waals surface area contributed by atoms with Gasteiger partial charge < -0.3 is 19.9 Å².